The summed E-state index contributed by atoms with van der Waals surface area (Å²) in [6.45, 7) is 2.81. The van der Waals surface area contributed by atoms with Gasteiger partial charge in [0.25, 0.3) is 0 Å². The minimum atomic E-state index is -0.505. The van der Waals surface area contributed by atoms with Crippen molar-refractivity contribution in [1.82, 2.24) is 0 Å². The molecule has 0 bridgehead atoms. The first-order chi connectivity index (χ1) is 4.63. The number of rotatable bonds is 3. The fourth-order valence-corrected chi connectivity index (χ4v) is 0.488. The maximum Gasteiger partial charge on any atom is 0.187 e. The van der Waals surface area contributed by atoms with Crippen molar-refractivity contribution in [2.24, 2.45) is 5.18 Å². The Balaban J connectivity index is 4.62. The molecular weight excluding hydrogens is 134 g/mol. The first kappa shape index (κ1) is 8.81. The minimum Gasteiger partial charge on any atom is -0.510 e. The molecule has 0 aliphatic heterocycles. The Morgan fingerprint density at radius 3 is 2.20 bits per heavy atom. The largest absolute Gasteiger partial charge is 0.510 e. The maximum absolute atomic E-state index is 10.5. The number of nitrogens with zero attached hydrogens (tertiary/aromatic N) is 1. The van der Waals surface area contributed by atoms with Crippen molar-refractivity contribution in [2.75, 3.05) is 0 Å². The molecule has 56 valence electrons. The predicted octanol–water partition coefficient (Wildman–Crippen LogP) is 1.52. The molecule has 0 aliphatic carbocycles. The van der Waals surface area contributed by atoms with Crippen molar-refractivity contribution < 1.29 is 9.90 Å². The topological polar surface area (TPSA) is 66.7 Å². The van der Waals surface area contributed by atoms with Crippen LogP contribution in [0.5, 0.6) is 0 Å². The van der Waals surface area contributed by atoms with E-state index in [1.807, 2.05) is 0 Å². The SMILES string of the molecule is CC/C(O)=C(/N=O)C(C)=O. The minimum absolute atomic E-state index is 0.248. The normalized spacial score (nSPS) is 12.2. The summed E-state index contributed by atoms with van der Waals surface area (Å²) in [5.41, 5.74) is -0.373. The molecular formula is C6H9NO3. The summed E-state index contributed by atoms with van der Waals surface area (Å²) in [4.78, 5) is 20.3. The monoisotopic (exact) mass is 143 g/mol. The van der Waals surface area contributed by atoms with Gasteiger partial charge in [0.2, 0.25) is 0 Å². The number of carbonyl (C=O) groups excluding carboxylic acids is 1. The molecule has 4 heteroatoms. The third-order valence-corrected chi connectivity index (χ3v) is 1.03. The van der Waals surface area contributed by atoms with Crippen molar-refractivity contribution in [2.45, 2.75) is 20.3 Å². The molecule has 0 aliphatic rings. The highest BCUT2D eigenvalue weighted by molar-refractivity contribution is 5.93. The van der Waals surface area contributed by atoms with Crippen LogP contribution in [-0.4, -0.2) is 10.9 Å². The number of nitroso groups, excluding NO2 is 1. The van der Waals surface area contributed by atoms with Gasteiger partial charge in [-0.25, -0.2) is 0 Å². The van der Waals surface area contributed by atoms with E-state index < -0.39 is 5.78 Å². The van der Waals surface area contributed by atoms with Gasteiger partial charge < -0.3 is 5.11 Å². The summed E-state index contributed by atoms with van der Waals surface area (Å²) in [6.07, 6.45) is 0.251. The number of hydrogen-bond donors (Lipinski definition) is 1. The lowest BCUT2D eigenvalue weighted by atomic mass is 10.2. The third kappa shape index (κ3) is 1.97. The Hall–Kier alpha value is -1.19. The van der Waals surface area contributed by atoms with E-state index in [1.54, 1.807) is 6.92 Å². The van der Waals surface area contributed by atoms with E-state index in [2.05, 4.69) is 5.18 Å². The Morgan fingerprint density at radius 2 is 2.10 bits per heavy atom. The Labute approximate surface area is 58.5 Å². The number of allylic oxidation sites excluding steroid dienone is 2. The number of hydrogen-bond acceptors (Lipinski definition) is 4. The van der Waals surface area contributed by atoms with Gasteiger partial charge in [-0.3, -0.25) is 4.79 Å². The number of carbonyl (C=O) groups is 1. The number of aliphatic hydroxyl groups is 1. The highest BCUT2D eigenvalue weighted by Gasteiger charge is 2.08. The van der Waals surface area contributed by atoms with E-state index in [9.17, 15) is 9.70 Å². The zero-order chi connectivity index (χ0) is 8.15. The molecule has 0 aromatic heterocycles. The Morgan fingerprint density at radius 1 is 1.60 bits per heavy atom. The quantitative estimate of drug-likeness (QED) is 0.370. The molecule has 0 heterocycles. The van der Waals surface area contributed by atoms with Gasteiger partial charge in [-0.15, -0.1) is 4.91 Å². The van der Waals surface area contributed by atoms with E-state index in [0.29, 0.717) is 0 Å². The van der Waals surface area contributed by atoms with Crippen molar-refractivity contribution >= 4 is 5.78 Å². The van der Waals surface area contributed by atoms with Gasteiger partial charge in [-0.05, 0) is 5.18 Å². The number of ketones is 1. The first-order valence-electron chi connectivity index (χ1n) is 2.89. The molecule has 10 heavy (non-hydrogen) atoms. The van der Waals surface area contributed by atoms with Crippen LogP contribution in [0.25, 0.3) is 0 Å². The lowest BCUT2D eigenvalue weighted by Crippen LogP contribution is -1.97. The highest BCUT2D eigenvalue weighted by atomic mass is 16.3. The van der Waals surface area contributed by atoms with Crippen LogP contribution in [-0.2, 0) is 4.79 Å². The standard InChI is InChI=1S/C6H9NO3/c1-3-5(9)6(7-10)4(2)8/h9H,3H2,1-2H3/b6-5-. The third-order valence-electron chi connectivity index (χ3n) is 1.03. The van der Waals surface area contributed by atoms with Gasteiger partial charge in [0.15, 0.2) is 11.5 Å². The molecule has 0 fully saturated rings. The van der Waals surface area contributed by atoms with E-state index in [0.717, 1.165) is 0 Å². The van der Waals surface area contributed by atoms with Crippen LogP contribution in [0.1, 0.15) is 20.3 Å². The molecule has 0 spiro atoms. The number of Topliss-reactive ketones (excluding diaryl/α,β-unsaturated/α-hetero) is 1. The smallest absolute Gasteiger partial charge is 0.187 e. The summed E-state index contributed by atoms with van der Waals surface area (Å²) < 4.78 is 0. The van der Waals surface area contributed by atoms with Gasteiger partial charge in [-0.2, -0.15) is 0 Å². The second-order valence-electron chi connectivity index (χ2n) is 1.80. The van der Waals surface area contributed by atoms with Crippen molar-refractivity contribution in [3.8, 4) is 0 Å². The highest BCUT2D eigenvalue weighted by Crippen LogP contribution is 2.06. The molecule has 0 aromatic rings. The molecule has 4 nitrogen and oxygen atoms in total. The first-order valence-corrected chi connectivity index (χ1v) is 2.89. The van der Waals surface area contributed by atoms with Gasteiger partial charge in [0.1, 0.15) is 5.76 Å². The summed E-state index contributed by atoms with van der Waals surface area (Å²) >= 11 is 0. The average molecular weight is 143 g/mol. The lowest BCUT2D eigenvalue weighted by molar-refractivity contribution is -0.113. The summed E-state index contributed by atoms with van der Waals surface area (Å²) in [6, 6.07) is 0. The number of aliphatic hydroxyl groups excluding tert-OH is 1. The molecule has 0 rings (SSSR count). The van der Waals surface area contributed by atoms with Gasteiger partial charge in [-0.1, -0.05) is 6.92 Å². The fourth-order valence-electron chi connectivity index (χ4n) is 0.488. The molecule has 0 unspecified atom stereocenters. The molecule has 0 radical (unpaired) electrons. The van der Waals surface area contributed by atoms with Gasteiger partial charge >= 0.3 is 0 Å². The average Bonchev–Trinajstić information content (AvgIpc) is 1.88. The van der Waals surface area contributed by atoms with Crippen LogP contribution in [0.15, 0.2) is 16.6 Å². The lowest BCUT2D eigenvalue weighted by Gasteiger charge is -1.94. The van der Waals surface area contributed by atoms with Crippen molar-refractivity contribution in [1.29, 1.82) is 0 Å². The van der Waals surface area contributed by atoms with E-state index in [4.69, 9.17) is 5.11 Å². The van der Waals surface area contributed by atoms with Crippen LogP contribution in [0.4, 0.5) is 0 Å². The molecule has 0 aromatic carbocycles. The zero-order valence-electron chi connectivity index (χ0n) is 5.92. The van der Waals surface area contributed by atoms with Crippen LogP contribution >= 0.6 is 0 Å². The van der Waals surface area contributed by atoms with Crippen LogP contribution in [0.2, 0.25) is 0 Å². The molecule has 0 atom stereocenters. The molecule has 0 saturated heterocycles. The Bertz CT molecular complexity index is 183. The van der Waals surface area contributed by atoms with Crippen molar-refractivity contribution in [3.05, 3.63) is 16.4 Å². The zero-order valence-corrected chi connectivity index (χ0v) is 5.92. The maximum atomic E-state index is 10.5. The van der Waals surface area contributed by atoms with Gasteiger partial charge in [0.05, 0.1) is 0 Å². The Kier molecular flexibility index (Phi) is 3.32. The van der Waals surface area contributed by atoms with E-state index >= 15 is 0 Å². The second kappa shape index (κ2) is 3.76. The summed E-state index contributed by atoms with van der Waals surface area (Å²) in [7, 11) is 0. The fraction of sp³-hybridized carbons (Fsp3) is 0.500. The molecule has 1 N–H and O–H groups in total. The van der Waals surface area contributed by atoms with Crippen LogP contribution < -0.4 is 0 Å². The molecule has 0 amide bonds. The van der Waals surface area contributed by atoms with Gasteiger partial charge in [0, 0.05) is 13.3 Å². The summed E-state index contributed by atoms with van der Waals surface area (Å²) in [5.74, 6) is -0.753. The molecule has 0 saturated carbocycles. The van der Waals surface area contributed by atoms with Crippen LogP contribution in [0, 0.1) is 4.91 Å². The summed E-state index contributed by atoms with van der Waals surface area (Å²) in [5, 5.41) is 11.2. The van der Waals surface area contributed by atoms with E-state index in [1.165, 1.54) is 6.92 Å². The predicted molar refractivity (Wildman–Crippen MR) is 36.4 cm³/mol. The van der Waals surface area contributed by atoms with Crippen molar-refractivity contribution in [3.63, 3.8) is 0 Å². The van der Waals surface area contributed by atoms with Crippen LogP contribution in [0.3, 0.4) is 0 Å². The van der Waals surface area contributed by atoms with E-state index in [-0.39, 0.29) is 17.9 Å². The second-order valence-corrected chi connectivity index (χ2v) is 1.80.